The van der Waals surface area contributed by atoms with Gasteiger partial charge in [0.1, 0.15) is 5.75 Å². The van der Waals surface area contributed by atoms with Crippen molar-refractivity contribution in [2.24, 2.45) is 5.92 Å². The monoisotopic (exact) mass is 358 g/mol. The number of carbonyl (C=O) groups excluding carboxylic acids is 1. The average molecular weight is 359 g/mol. The van der Waals surface area contributed by atoms with Gasteiger partial charge in [0.25, 0.3) is 0 Å². The number of amides is 1. The number of methoxy groups -OCH3 is 1. The summed E-state index contributed by atoms with van der Waals surface area (Å²) in [5, 5.41) is 7.16. The Morgan fingerprint density at radius 3 is 2.91 bits per heavy atom. The van der Waals surface area contributed by atoms with Gasteiger partial charge in [0.15, 0.2) is 0 Å². The summed E-state index contributed by atoms with van der Waals surface area (Å²) in [6, 6.07) is 5.96. The fraction of sp³-hybridized carbons (Fsp3) is 0.588. The maximum absolute atomic E-state index is 12.4. The van der Waals surface area contributed by atoms with E-state index in [1.165, 1.54) is 25.7 Å². The molecule has 0 aromatic heterocycles. The zero-order valence-corrected chi connectivity index (χ0v) is 14.9. The first-order valence-electron chi connectivity index (χ1n) is 8.03. The first kappa shape index (κ1) is 18.4. The number of rotatable bonds is 4. The van der Waals surface area contributed by atoms with Crippen LogP contribution in [0.3, 0.4) is 0 Å². The Morgan fingerprint density at radius 1 is 1.39 bits per heavy atom. The summed E-state index contributed by atoms with van der Waals surface area (Å²) in [6.07, 6.45) is 6.02. The highest BCUT2D eigenvalue weighted by molar-refractivity contribution is 6.30. The highest BCUT2D eigenvalue weighted by Crippen LogP contribution is 2.33. The summed E-state index contributed by atoms with van der Waals surface area (Å²) >= 11 is 5.95. The van der Waals surface area contributed by atoms with E-state index in [2.05, 4.69) is 10.6 Å². The number of hydrogen-bond acceptors (Lipinski definition) is 3. The predicted octanol–water partition coefficient (Wildman–Crippen LogP) is 3.31. The third kappa shape index (κ3) is 4.31. The lowest BCUT2D eigenvalue weighted by atomic mass is 9.85. The summed E-state index contributed by atoms with van der Waals surface area (Å²) in [6.45, 7) is 0.465. The molecule has 1 saturated heterocycles. The fourth-order valence-electron chi connectivity index (χ4n) is 3.69. The molecule has 3 atom stereocenters. The van der Waals surface area contributed by atoms with Gasteiger partial charge in [-0.05, 0) is 37.3 Å². The van der Waals surface area contributed by atoms with Crippen molar-refractivity contribution in [3.8, 4) is 5.75 Å². The molecule has 1 aromatic rings. The second-order valence-corrected chi connectivity index (χ2v) is 6.72. The molecule has 2 aliphatic rings. The fourth-order valence-corrected chi connectivity index (χ4v) is 3.85. The van der Waals surface area contributed by atoms with Crippen LogP contribution in [0.1, 0.15) is 37.7 Å². The highest BCUT2D eigenvalue weighted by atomic mass is 35.5. The lowest BCUT2D eigenvalue weighted by Crippen LogP contribution is -2.42. The Labute approximate surface area is 148 Å². The zero-order valence-electron chi connectivity index (χ0n) is 13.3. The van der Waals surface area contributed by atoms with E-state index in [9.17, 15) is 4.79 Å². The van der Waals surface area contributed by atoms with Gasteiger partial charge in [-0.25, -0.2) is 0 Å². The van der Waals surface area contributed by atoms with Gasteiger partial charge in [-0.1, -0.05) is 30.5 Å². The van der Waals surface area contributed by atoms with Crippen molar-refractivity contribution >= 4 is 29.9 Å². The molecule has 3 rings (SSSR count). The molecule has 0 bridgehead atoms. The first-order valence-corrected chi connectivity index (χ1v) is 8.41. The summed E-state index contributed by atoms with van der Waals surface area (Å²) in [5.41, 5.74) is 0.940. The van der Waals surface area contributed by atoms with E-state index in [1.807, 2.05) is 12.1 Å². The van der Waals surface area contributed by atoms with Gasteiger partial charge in [0, 0.05) is 23.2 Å². The molecule has 4 nitrogen and oxygen atoms in total. The van der Waals surface area contributed by atoms with Crippen molar-refractivity contribution in [3.63, 3.8) is 0 Å². The van der Waals surface area contributed by atoms with Crippen LogP contribution in [0.4, 0.5) is 0 Å². The maximum Gasteiger partial charge on any atom is 0.237 e. The Hall–Kier alpha value is -0.970. The minimum atomic E-state index is -0.0496. The van der Waals surface area contributed by atoms with Crippen LogP contribution < -0.4 is 15.4 Å². The van der Waals surface area contributed by atoms with Crippen molar-refractivity contribution in [2.45, 2.75) is 50.7 Å². The van der Waals surface area contributed by atoms with E-state index >= 15 is 0 Å². The molecule has 3 unspecified atom stereocenters. The summed E-state index contributed by atoms with van der Waals surface area (Å²) < 4.78 is 5.31. The van der Waals surface area contributed by atoms with E-state index in [1.54, 1.807) is 13.2 Å². The smallest absolute Gasteiger partial charge is 0.237 e. The number of nitrogens with one attached hydrogen (secondary N) is 2. The van der Waals surface area contributed by atoms with Gasteiger partial charge >= 0.3 is 0 Å². The van der Waals surface area contributed by atoms with Crippen molar-refractivity contribution in [3.05, 3.63) is 28.8 Å². The quantitative estimate of drug-likeness (QED) is 0.867. The number of carbonyl (C=O) groups is 1. The van der Waals surface area contributed by atoms with Crippen molar-refractivity contribution in [2.75, 3.05) is 7.11 Å². The molecule has 0 radical (unpaired) electrons. The zero-order chi connectivity index (χ0) is 15.5. The van der Waals surface area contributed by atoms with Crippen LogP contribution in [-0.2, 0) is 11.3 Å². The molecule has 1 amide bonds. The van der Waals surface area contributed by atoms with Crippen LogP contribution in [0.2, 0.25) is 5.02 Å². The molecule has 2 fully saturated rings. The average Bonchev–Trinajstić information content (AvgIpc) is 2.97. The van der Waals surface area contributed by atoms with Crippen molar-refractivity contribution < 1.29 is 9.53 Å². The lowest BCUT2D eigenvalue weighted by Gasteiger charge is -2.24. The molecule has 1 saturated carbocycles. The molecule has 1 aliphatic carbocycles. The third-order valence-corrected chi connectivity index (χ3v) is 5.12. The number of halogens is 2. The molecule has 23 heavy (non-hydrogen) atoms. The van der Waals surface area contributed by atoms with Gasteiger partial charge in [-0.15, -0.1) is 12.4 Å². The highest BCUT2D eigenvalue weighted by Gasteiger charge is 2.38. The second kappa shape index (κ2) is 8.22. The molecule has 1 heterocycles. The SMILES string of the molecule is COc1cc(Cl)ccc1CNC(=O)C1CC2CCCCC2N1.Cl. The number of hydrogen-bond donors (Lipinski definition) is 2. The summed E-state index contributed by atoms with van der Waals surface area (Å²) in [4.78, 5) is 12.4. The normalized spacial score (nSPS) is 26.1. The Morgan fingerprint density at radius 2 is 2.17 bits per heavy atom. The molecule has 1 aromatic carbocycles. The maximum atomic E-state index is 12.4. The van der Waals surface area contributed by atoms with Crippen LogP contribution in [-0.4, -0.2) is 25.1 Å². The summed E-state index contributed by atoms with van der Waals surface area (Å²) in [5.74, 6) is 1.47. The summed E-state index contributed by atoms with van der Waals surface area (Å²) in [7, 11) is 1.61. The van der Waals surface area contributed by atoms with Gasteiger partial charge in [0.05, 0.1) is 13.2 Å². The van der Waals surface area contributed by atoms with Gasteiger partial charge < -0.3 is 15.4 Å². The van der Waals surface area contributed by atoms with Crippen molar-refractivity contribution in [1.29, 1.82) is 0 Å². The van der Waals surface area contributed by atoms with E-state index in [0.717, 1.165) is 12.0 Å². The Kier molecular flexibility index (Phi) is 6.57. The van der Waals surface area contributed by atoms with Crippen LogP contribution in [0.15, 0.2) is 18.2 Å². The predicted molar refractivity (Wildman–Crippen MR) is 94.4 cm³/mol. The van der Waals surface area contributed by atoms with E-state index in [-0.39, 0.29) is 24.4 Å². The van der Waals surface area contributed by atoms with Crippen LogP contribution in [0.25, 0.3) is 0 Å². The van der Waals surface area contributed by atoms with Crippen LogP contribution in [0.5, 0.6) is 5.75 Å². The second-order valence-electron chi connectivity index (χ2n) is 6.28. The molecule has 1 aliphatic heterocycles. The molecular formula is C17H24Cl2N2O2. The topological polar surface area (TPSA) is 50.4 Å². The van der Waals surface area contributed by atoms with Gasteiger partial charge in [0.2, 0.25) is 5.91 Å². The largest absolute Gasteiger partial charge is 0.496 e. The molecule has 128 valence electrons. The number of benzene rings is 1. The van der Waals surface area contributed by atoms with Crippen molar-refractivity contribution in [1.82, 2.24) is 10.6 Å². The molecular weight excluding hydrogens is 335 g/mol. The molecule has 0 spiro atoms. The van der Waals surface area contributed by atoms with Crippen LogP contribution in [0, 0.1) is 5.92 Å². The minimum absolute atomic E-state index is 0. The molecule has 6 heteroatoms. The number of fused-ring (bicyclic) bond motifs is 1. The standard InChI is InChI=1S/C17H23ClN2O2.ClH/c1-22-16-9-13(18)7-6-12(16)10-19-17(21)15-8-11-4-2-3-5-14(11)20-15;/h6-7,9,11,14-15,20H,2-5,8,10H2,1H3,(H,19,21);1H. The van der Waals surface area contributed by atoms with Crippen LogP contribution >= 0.6 is 24.0 Å². The van der Waals surface area contributed by atoms with Gasteiger partial charge in [-0.3, -0.25) is 4.79 Å². The number of ether oxygens (including phenoxy) is 1. The minimum Gasteiger partial charge on any atom is -0.496 e. The van der Waals surface area contributed by atoms with E-state index in [0.29, 0.717) is 29.3 Å². The first-order chi connectivity index (χ1) is 10.7. The van der Waals surface area contributed by atoms with Gasteiger partial charge in [-0.2, -0.15) is 0 Å². The third-order valence-electron chi connectivity index (χ3n) is 4.88. The lowest BCUT2D eigenvalue weighted by molar-refractivity contribution is -0.123. The van der Waals surface area contributed by atoms with E-state index in [4.69, 9.17) is 16.3 Å². The van der Waals surface area contributed by atoms with E-state index < -0.39 is 0 Å². The Bertz CT molecular complexity index is 539. The Balaban J connectivity index is 0.00000192. The molecule has 2 N–H and O–H groups in total.